The van der Waals surface area contributed by atoms with Gasteiger partial charge in [0.15, 0.2) is 0 Å². The molecule has 0 saturated heterocycles. The predicted octanol–water partition coefficient (Wildman–Crippen LogP) is 10.8. The first-order chi connectivity index (χ1) is 19.7. The van der Waals surface area contributed by atoms with Gasteiger partial charge >= 0.3 is 17.9 Å². The molecule has 0 aromatic rings. The Morgan fingerprint density at radius 3 is 1.17 bits per heavy atom. The highest BCUT2D eigenvalue weighted by molar-refractivity contribution is 7.64. The van der Waals surface area contributed by atoms with Crippen molar-refractivity contribution in [3.8, 4) is 0 Å². The van der Waals surface area contributed by atoms with E-state index in [1.807, 2.05) is 0 Å². The molecule has 0 amide bonds. The maximum absolute atomic E-state index is 11.1. The molecule has 0 saturated carbocycles. The molecule has 0 bridgehead atoms. The average Bonchev–Trinajstić information content (AvgIpc) is 2.88. The minimum Gasteiger partial charge on any atom is -0.462 e. The summed E-state index contributed by atoms with van der Waals surface area (Å²) < 4.78 is 9.66. The first-order valence-corrected chi connectivity index (χ1v) is 22.8. The molecule has 0 aromatic heterocycles. The molecule has 0 heterocycles. The number of carbonyl (C=O) groups excluding carboxylic acids is 2. The molecule has 0 aliphatic heterocycles. The summed E-state index contributed by atoms with van der Waals surface area (Å²) in [5, 5.41) is 0. The van der Waals surface area contributed by atoms with Crippen molar-refractivity contribution in [2.45, 2.75) is 146 Å². The fraction of sp³-hybridized carbons (Fsp3) is 0.806. The van der Waals surface area contributed by atoms with Gasteiger partial charge in [-0.3, -0.25) is 0 Å². The van der Waals surface area contributed by atoms with Gasteiger partial charge in [-0.25, -0.2) is 9.59 Å². The first-order valence-electron chi connectivity index (χ1n) is 15.8. The third-order valence-corrected chi connectivity index (χ3v) is 10.0. The van der Waals surface area contributed by atoms with E-state index >= 15 is 0 Å². The summed E-state index contributed by atoms with van der Waals surface area (Å²) in [4.78, 5) is 22.3. The van der Waals surface area contributed by atoms with Crippen molar-refractivity contribution in [1.82, 2.24) is 0 Å². The summed E-state index contributed by atoms with van der Waals surface area (Å²) in [6.07, 6.45) is 22.2. The third kappa shape index (κ3) is 38.3. The second-order valence-corrected chi connectivity index (χ2v) is 25.5. The summed E-state index contributed by atoms with van der Waals surface area (Å²) in [6.45, 7) is 11.5. The van der Waals surface area contributed by atoms with Crippen LogP contribution in [0, 0.1) is 0 Å². The Kier molecular flexibility index (Phi) is 30.4. The lowest BCUT2D eigenvalue weighted by Crippen LogP contribution is -2.11. The van der Waals surface area contributed by atoms with E-state index in [9.17, 15) is 9.59 Å². The number of carbonyl (C=O) groups is 2. The van der Waals surface area contributed by atoms with Crippen molar-refractivity contribution >= 4 is 84.6 Å². The predicted molar refractivity (Wildman–Crippen MR) is 192 cm³/mol. The summed E-state index contributed by atoms with van der Waals surface area (Å²) in [7, 11) is 0.841. The Bertz CT molecular complexity index is 665. The van der Waals surface area contributed by atoms with Crippen LogP contribution >= 0.6 is 56.4 Å². The van der Waals surface area contributed by atoms with Crippen LogP contribution in [-0.2, 0) is 19.1 Å². The number of rotatable bonds is 26. The van der Waals surface area contributed by atoms with Crippen LogP contribution in [0.25, 0.3) is 0 Å². The van der Waals surface area contributed by atoms with E-state index in [4.69, 9.17) is 65.9 Å². The van der Waals surface area contributed by atoms with Crippen LogP contribution in [0.3, 0.4) is 0 Å². The molecule has 248 valence electrons. The Balaban J connectivity index is 0. The third-order valence-electron chi connectivity index (χ3n) is 6.53. The topological polar surface area (TPSA) is 52.6 Å². The smallest absolute Gasteiger partial charge is 0.341 e. The van der Waals surface area contributed by atoms with Crippen molar-refractivity contribution in [3.63, 3.8) is 0 Å². The van der Waals surface area contributed by atoms with Crippen molar-refractivity contribution in [2.75, 3.05) is 13.2 Å². The van der Waals surface area contributed by atoms with Crippen molar-refractivity contribution in [2.24, 2.45) is 0 Å². The summed E-state index contributed by atoms with van der Waals surface area (Å²) in [5.41, 5.74) is 0.938. The zero-order valence-electron chi connectivity index (χ0n) is 26.5. The number of hydrogen-bond donors (Lipinski definition) is 0. The van der Waals surface area contributed by atoms with E-state index in [1.54, 1.807) is 13.8 Å². The normalized spacial score (nSPS) is 11.5. The van der Waals surface area contributed by atoms with Crippen LogP contribution in [-0.4, -0.2) is 45.4 Å². The molecular weight excluding hydrogens is 670 g/mol. The van der Waals surface area contributed by atoms with Crippen LogP contribution in [0.2, 0.25) is 6.04 Å². The molecule has 0 aromatic carbocycles. The molecule has 0 atom stereocenters. The zero-order chi connectivity index (χ0) is 32.3. The van der Waals surface area contributed by atoms with Crippen LogP contribution in [0.5, 0.6) is 0 Å². The molecule has 0 aliphatic rings. The van der Waals surface area contributed by atoms with Crippen LogP contribution in [0.15, 0.2) is 24.3 Å². The molecule has 42 heavy (non-hydrogen) atoms. The molecular formula is C31H57Cl5O4Si2. The number of esters is 2. The maximum Gasteiger partial charge on any atom is 0.341 e. The Morgan fingerprint density at radius 2 is 0.881 bits per heavy atom. The molecule has 4 nitrogen and oxygen atoms in total. The van der Waals surface area contributed by atoms with Crippen molar-refractivity contribution in [3.05, 3.63) is 24.3 Å². The Labute approximate surface area is 285 Å². The summed E-state index contributed by atoms with van der Waals surface area (Å²) in [5.74, 6) is -0.560. The molecule has 0 aliphatic carbocycles. The van der Waals surface area contributed by atoms with E-state index in [2.05, 4.69) is 13.2 Å². The number of hydrogen-bond acceptors (Lipinski definition) is 4. The Hall–Kier alpha value is 0.304. The lowest BCUT2D eigenvalue weighted by molar-refractivity contribution is -0.139. The molecule has 11 heteroatoms. The van der Waals surface area contributed by atoms with Gasteiger partial charge in [-0.15, -0.1) is 56.4 Å². The monoisotopic (exact) mass is 724 g/mol. The number of halogens is 5. The van der Waals surface area contributed by atoms with E-state index in [0.29, 0.717) is 24.4 Å². The summed E-state index contributed by atoms with van der Waals surface area (Å²) in [6, 6.07) is -1.61. The number of ether oxygens (including phenoxy) is 2. The standard InChI is InChI=1S/C16H30Cl2O2Si.C15H27Cl3O2Si/c1-14(2)15(19)20-13-11-9-7-5-3-4-6-8-10-12-16(17,18)21;1-14(2)15(19)20-12-10-8-6-4-3-5-7-9-11-13-21(16,17)18/h1,3-13H2,2,21H3;1,3-13H2,2H3. The van der Waals surface area contributed by atoms with Gasteiger partial charge in [-0.05, 0) is 39.2 Å². The lowest BCUT2D eigenvalue weighted by atomic mass is 10.1. The molecule has 0 radical (unpaired) electrons. The lowest BCUT2D eigenvalue weighted by Gasteiger charge is -2.12. The fourth-order valence-corrected chi connectivity index (χ4v) is 6.49. The Morgan fingerprint density at radius 1 is 0.595 bits per heavy atom. The van der Waals surface area contributed by atoms with Gasteiger partial charge in [0.1, 0.15) is 0 Å². The van der Waals surface area contributed by atoms with Crippen LogP contribution < -0.4 is 0 Å². The molecule has 0 N–H and O–H groups in total. The minimum absolute atomic E-state index is 0.275. The minimum atomic E-state index is -2.39. The number of alkyl halides is 2. The van der Waals surface area contributed by atoms with Gasteiger partial charge in [0.05, 0.1) is 17.2 Å². The largest absolute Gasteiger partial charge is 0.462 e. The van der Waals surface area contributed by atoms with Gasteiger partial charge in [0, 0.05) is 21.4 Å². The van der Waals surface area contributed by atoms with Gasteiger partial charge in [-0.2, -0.15) is 0 Å². The van der Waals surface area contributed by atoms with Crippen LogP contribution in [0.1, 0.15) is 136 Å². The highest BCUT2D eigenvalue weighted by Crippen LogP contribution is 2.27. The SMILES string of the molecule is C=C(C)C(=O)OCCCCCCCCCCCC([SiH3])(Cl)Cl.C=C(C)C(=O)OCCCCCCCCCCC[Si](Cl)(Cl)Cl. The maximum atomic E-state index is 11.1. The molecule has 0 rings (SSSR count). The van der Waals surface area contributed by atoms with E-state index < -0.39 is 9.96 Å². The van der Waals surface area contributed by atoms with Gasteiger partial charge in [0.25, 0.3) is 0 Å². The second kappa shape index (κ2) is 28.8. The fourth-order valence-electron chi connectivity index (χ4n) is 4.02. The summed E-state index contributed by atoms with van der Waals surface area (Å²) >= 11 is 29.4. The van der Waals surface area contributed by atoms with Gasteiger partial charge in [-0.1, -0.05) is 116 Å². The van der Waals surface area contributed by atoms with E-state index in [-0.39, 0.29) is 11.9 Å². The quantitative estimate of drug-likeness (QED) is 0.0222. The van der Waals surface area contributed by atoms with Crippen LogP contribution in [0.4, 0.5) is 0 Å². The zero-order valence-corrected chi connectivity index (χ0v) is 33.3. The van der Waals surface area contributed by atoms with E-state index in [0.717, 1.165) is 67.7 Å². The molecule has 0 fully saturated rings. The average molecular weight is 727 g/mol. The second-order valence-electron chi connectivity index (χ2n) is 11.4. The van der Waals surface area contributed by atoms with Crippen molar-refractivity contribution < 1.29 is 19.1 Å². The first kappa shape index (κ1) is 44.4. The van der Waals surface area contributed by atoms with Crippen molar-refractivity contribution in [1.29, 1.82) is 0 Å². The van der Waals surface area contributed by atoms with E-state index in [1.165, 1.54) is 70.6 Å². The van der Waals surface area contributed by atoms with Gasteiger partial charge < -0.3 is 9.47 Å². The van der Waals surface area contributed by atoms with Gasteiger partial charge in [0.2, 0.25) is 0 Å². The molecule has 0 spiro atoms. The number of unbranched alkanes of at least 4 members (excludes halogenated alkanes) is 16. The molecule has 0 unspecified atom stereocenters. The highest BCUT2D eigenvalue weighted by Gasteiger charge is 2.23. The highest BCUT2D eigenvalue weighted by atomic mass is 35.8.